The van der Waals surface area contributed by atoms with Crippen LogP contribution in [0.1, 0.15) is 29.8 Å². The fraction of sp³-hybridized carbons (Fsp3) is 0.357. The molecule has 0 amide bonds. The Balaban J connectivity index is 2.54. The lowest BCUT2D eigenvalue weighted by Gasteiger charge is -2.33. The smallest absolute Gasteiger partial charge is 0.349 e. The van der Waals surface area contributed by atoms with E-state index in [1.807, 2.05) is 0 Å². The van der Waals surface area contributed by atoms with E-state index in [1.165, 1.54) is 0 Å². The number of fused-ring (bicyclic) bond motifs is 1. The lowest BCUT2D eigenvalue weighted by molar-refractivity contribution is -0.127. The number of esters is 1. The second-order valence-corrected chi connectivity index (χ2v) is 5.11. The monoisotopic (exact) mass is 344 g/mol. The molecule has 0 spiro atoms. The second kappa shape index (κ2) is 5.83. The van der Waals surface area contributed by atoms with Crippen molar-refractivity contribution in [3.8, 4) is 11.5 Å². The van der Waals surface area contributed by atoms with Gasteiger partial charge in [-0.15, -0.1) is 0 Å². The topological polar surface area (TPSA) is 44.8 Å². The van der Waals surface area contributed by atoms with Gasteiger partial charge in [0.15, 0.2) is 0 Å². The number of hydrogen-bond acceptors (Lipinski definition) is 4. The minimum Gasteiger partial charge on any atom is -0.490 e. The van der Waals surface area contributed by atoms with Crippen molar-refractivity contribution in [3.05, 3.63) is 28.2 Å². The van der Waals surface area contributed by atoms with Gasteiger partial charge < -0.3 is 14.2 Å². The van der Waals surface area contributed by atoms with E-state index >= 15 is 0 Å². The molecule has 0 saturated heterocycles. The highest BCUT2D eigenvalue weighted by Gasteiger charge is 2.37. The predicted molar refractivity (Wildman–Crippen MR) is 76.0 cm³/mol. The van der Waals surface area contributed by atoms with Crippen LogP contribution in [0, 0.1) is 0 Å². The summed E-state index contributed by atoms with van der Waals surface area (Å²) in [5, 5.41) is 0. The normalized spacial score (nSPS) is 16.5. The predicted octanol–water partition coefficient (Wildman–Crippen LogP) is 3.69. The molecule has 1 aliphatic heterocycles. The molecular formula is C14H14BrFO4. The molecule has 6 heteroatoms. The van der Waals surface area contributed by atoms with Crippen LogP contribution in [0.15, 0.2) is 17.1 Å². The van der Waals surface area contributed by atoms with Crippen molar-refractivity contribution in [3.63, 3.8) is 0 Å². The molecule has 0 unspecified atom stereocenters. The highest BCUT2D eigenvalue weighted by atomic mass is 79.9. The van der Waals surface area contributed by atoms with Crippen molar-refractivity contribution in [2.45, 2.75) is 19.6 Å². The van der Waals surface area contributed by atoms with E-state index in [2.05, 4.69) is 15.9 Å². The Morgan fingerprint density at radius 3 is 2.80 bits per heavy atom. The van der Waals surface area contributed by atoms with E-state index in [1.54, 1.807) is 37.0 Å². The maximum Gasteiger partial charge on any atom is 0.349 e. The van der Waals surface area contributed by atoms with Crippen LogP contribution in [0.3, 0.4) is 0 Å². The van der Waals surface area contributed by atoms with Crippen molar-refractivity contribution in [2.75, 3.05) is 13.3 Å². The molecule has 0 saturated carbocycles. The molecule has 0 N–H and O–H groups in total. The summed E-state index contributed by atoms with van der Waals surface area (Å²) < 4.78 is 28.4. The lowest BCUT2D eigenvalue weighted by Crippen LogP contribution is -2.39. The maximum absolute atomic E-state index is 12.2. The number of halogens is 2. The summed E-state index contributed by atoms with van der Waals surface area (Å²) in [6.07, 6.45) is 1.74. The Kier molecular flexibility index (Phi) is 4.32. The van der Waals surface area contributed by atoms with Gasteiger partial charge in [-0.25, -0.2) is 9.18 Å². The first-order chi connectivity index (χ1) is 9.48. The summed E-state index contributed by atoms with van der Waals surface area (Å²) in [5.74, 6) is -0.976. The molecular weight excluding hydrogens is 331 g/mol. The quantitative estimate of drug-likeness (QED) is 0.781. The zero-order chi connectivity index (χ0) is 14.8. The van der Waals surface area contributed by atoms with Gasteiger partial charge in [-0.2, -0.15) is 0 Å². The number of carbonyl (C=O) groups excluding carboxylic acids is 1. The molecule has 0 aromatic heterocycles. The molecule has 4 nitrogen and oxygen atoms in total. The summed E-state index contributed by atoms with van der Waals surface area (Å²) >= 11 is 3.18. The van der Waals surface area contributed by atoms with Crippen LogP contribution in [0.4, 0.5) is 4.39 Å². The summed E-state index contributed by atoms with van der Waals surface area (Å²) in [5.41, 5.74) is 0.884. The van der Waals surface area contributed by atoms with Crippen molar-refractivity contribution in [1.29, 1.82) is 0 Å². The lowest BCUT2D eigenvalue weighted by atomic mass is 10.1. The number of cyclic esters (lactones) is 1. The van der Waals surface area contributed by atoms with E-state index in [-0.39, 0.29) is 17.9 Å². The zero-order valence-corrected chi connectivity index (χ0v) is 12.7. The van der Waals surface area contributed by atoms with E-state index in [0.29, 0.717) is 11.3 Å². The third-order valence-corrected chi connectivity index (χ3v) is 2.88. The van der Waals surface area contributed by atoms with Crippen LogP contribution in [-0.2, 0) is 4.74 Å². The molecule has 108 valence electrons. The molecule has 0 aliphatic carbocycles. The van der Waals surface area contributed by atoms with Crippen molar-refractivity contribution < 1.29 is 23.4 Å². The molecule has 2 rings (SSSR count). The molecule has 1 aromatic carbocycles. The summed E-state index contributed by atoms with van der Waals surface area (Å²) in [4.78, 5) is 13.8. The highest BCUT2D eigenvalue weighted by molar-refractivity contribution is 9.11. The first-order valence-electron chi connectivity index (χ1n) is 6.03. The average molecular weight is 345 g/mol. The Bertz CT molecular complexity index is 554. The zero-order valence-electron chi connectivity index (χ0n) is 11.1. The van der Waals surface area contributed by atoms with Gasteiger partial charge in [-0.1, -0.05) is 15.9 Å². The van der Waals surface area contributed by atoms with Gasteiger partial charge in [0.05, 0.1) is 0 Å². The van der Waals surface area contributed by atoms with Crippen LogP contribution in [0.5, 0.6) is 11.5 Å². The molecule has 20 heavy (non-hydrogen) atoms. The van der Waals surface area contributed by atoms with Gasteiger partial charge in [0, 0.05) is 19.4 Å². The van der Waals surface area contributed by atoms with Gasteiger partial charge >= 0.3 is 5.97 Å². The number of carbonyl (C=O) groups is 1. The van der Waals surface area contributed by atoms with Crippen LogP contribution in [0.2, 0.25) is 0 Å². The van der Waals surface area contributed by atoms with Crippen molar-refractivity contribution in [1.82, 2.24) is 0 Å². The first kappa shape index (κ1) is 14.8. The molecule has 0 radical (unpaired) electrons. The second-order valence-electron chi connectivity index (χ2n) is 4.58. The number of hydrogen-bond donors (Lipinski definition) is 0. The van der Waals surface area contributed by atoms with Crippen molar-refractivity contribution >= 4 is 28.0 Å². The van der Waals surface area contributed by atoms with Gasteiger partial charge in [0.1, 0.15) is 30.3 Å². The minimum atomic E-state index is -1.06. The van der Waals surface area contributed by atoms with Gasteiger partial charge in [-0.05, 0) is 23.2 Å². The average Bonchev–Trinajstić information content (AvgIpc) is 2.37. The molecule has 0 atom stereocenters. The molecule has 1 aliphatic rings. The number of benzene rings is 1. The van der Waals surface area contributed by atoms with Crippen LogP contribution in [-0.4, -0.2) is 25.0 Å². The van der Waals surface area contributed by atoms with Crippen LogP contribution >= 0.6 is 15.9 Å². The number of alkyl halides is 1. The van der Waals surface area contributed by atoms with Crippen molar-refractivity contribution in [2.24, 2.45) is 0 Å². The number of rotatable bonds is 4. The van der Waals surface area contributed by atoms with Gasteiger partial charge in [0.2, 0.25) is 5.79 Å². The van der Waals surface area contributed by atoms with E-state index in [0.717, 1.165) is 0 Å². The van der Waals surface area contributed by atoms with E-state index in [9.17, 15) is 9.18 Å². The molecule has 0 bridgehead atoms. The maximum atomic E-state index is 12.2. The van der Waals surface area contributed by atoms with Gasteiger partial charge in [-0.3, -0.25) is 0 Å². The highest BCUT2D eigenvalue weighted by Crippen LogP contribution is 2.40. The van der Waals surface area contributed by atoms with E-state index in [4.69, 9.17) is 14.2 Å². The van der Waals surface area contributed by atoms with E-state index < -0.39 is 18.4 Å². The largest absolute Gasteiger partial charge is 0.490 e. The fourth-order valence-electron chi connectivity index (χ4n) is 1.89. The number of ether oxygens (including phenoxy) is 3. The first-order valence-corrected chi connectivity index (χ1v) is 6.95. The Morgan fingerprint density at radius 2 is 2.15 bits per heavy atom. The summed E-state index contributed by atoms with van der Waals surface area (Å²) in [6.45, 7) is 2.52. The SMILES string of the molecule is CC1(C)OC(=O)c2c(OCCF)ccc(/C=C\Br)c2O1. The minimum absolute atomic E-state index is 0.128. The molecule has 0 fully saturated rings. The standard InChI is InChI=1S/C14H14BrFO4/c1-14(2)19-12-9(5-6-15)3-4-10(18-8-7-16)11(12)13(17)20-14/h3-6H,7-8H2,1-2H3/b6-5-. The van der Waals surface area contributed by atoms with Gasteiger partial charge in [0.25, 0.3) is 0 Å². The third kappa shape index (κ3) is 2.95. The summed E-state index contributed by atoms with van der Waals surface area (Å²) in [7, 11) is 0. The van der Waals surface area contributed by atoms with Crippen LogP contribution in [0.25, 0.3) is 6.08 Å². The molecule has 1 heterocycles. The van der Waals surface area contributed by atoms with Crippen LogP contribution < -0.4 is 9.47 Å². The molecule has 1 aromatic rings. The third-order valence-electron chi connectivity index (χ3n) is 2.62. The Morgan fingerprint density at radius 1 is 1.40 bits per heavy atom. The fourth-order valence-corrected chi connectivity index (χ4v) is 2.18. The summed E-state index contributed by atoms with van der Waals surface area (Å²) in [6, 6.07) is 3.33. The Hall–Kier alpha value is -1.56. The Labute approximate surface area is 124 Å².